The Balaban J connectivity index is 1.98. The molecule has 0 saturated heterocycles. The van der Waals surface area contributed by atoms with Gasteiger partial charge in [-0.25, -0.2) is 0 Å². The maximum atomic E-state index is 12.5. The van der Waals surface area contributed by atoms with Crippen molar-refractivity contribution in [3.05, 3.63) is 41.9 Å². The van der Waals surface area contributed by atoms with Gasteiger partial charge in [-0.2, -0.15) is 0 Å². The third kappa shape index (κ3) is 3.06. The van der Waals surface area contributed by atoms with E-state index in [9.17, 15) is 9.59 Å². The van der Waals surface area contributed by atoms with Gasteiger partial charge in [-0.1, -0.05) is 0 Å². The smallest absolute Gasteiger partial charge is 0.291 e. The minimum atomic E-state index is -0.424. The number of carbonyl (C=O) groups excluding carboxylic acids is 2. The number of ether oxygens (including phenoxy) is 2. The topological polar surface area (TPSA) is 77.8 Å². The number of furan rings is 1. The van der Waals surface area contributed by atoms with E-state index in [-0.39, 0.29) is 17.5 Å². The van der Waals surface area contributed by atoms with Gasteiger partial charge in [-0.05, 0) is 31.0 Å². The molecule has 1 fully saturated rings. The first-order valence-corrected chi connectivity index (χ1v) is 7.29. The van der Waals surface area contributed by atoms with Crippen LogP contribution in [0, 0.1) is 5.92 Å². The van der Waals surface area contributed by atoms with Gasteiger partial charge in [0.25, 0.3) is 5.91 Å². The Labute approximate surface area is 133 Å². The summed E-state index contributed by atoms with van der Waals surface area (Å²) in [6.45, 7) is 0. The first kappa shape index (κ1) is 15.1. The summed E-state index contributed by atoms with van der Waals surface area (Å²) in [4.78, 5) is 24.7. The predicted octanol–water partition coefficient (Wildman–Crippen LogP) is 3.14. The van der Waals surface area contributed by atoms with Gasteiger partial charge in [-0.15, -0.1) is 0 Å². The van der Waals surface area contributed by atoms with E-state index >= 15 is 0 Å². The molecular formula is C17H17NO5. The van der Waals surface area contributed by atoms with Gasteiger partial charge in [0.1, 0.15) is 0 Å². The second-order valence-electron chi connectivity index (χ2n) is 5.32. The van der Waals surface area contributed by atoms with Crippen molar-refractivity contribution in [1.29, 1.82) is 0 Å². The number of methoxy groups -OCH3 is 2. The summed E-state index contributed by atoms with van der Waals surface area (Å²) in [5.74, 6) is 0.659. The van der Waals surface area contributed by atoms with Crippen molar-refractivity contribution in [2.24, 2.45) is 5.92 Å². The Kier molecular flexibility index (Phi) is 4.06. The maximum absolute atomic E-state index is 12.5. The fraction of sp³-hybridized carbons (Fsp3) is 0.294. The summed E-state index contributed by atoms with van der Waals surface area (Å²) in [6, 6.07) is 6.38. The Bertz CT molecular complexity index is 732. The number of hydrogen-bond donors (Lipinski definition) is 1. The molecule has 1 heterocycles. The van der Waals surface area contributed by atoms with Crippen LogP contribution in [0.1, 0.15) is 33.8 Å². The van der Waals surface area contributed by atoms with Crippen LogP contribution >= 0.6 is 0 Å². The zero-order valence-electron chi connectivity index (χ0n) is 12.9. The molecule has 1 saturated carbocycles. The fourth-order valence-electron chi connectivity index (χ4n) is 2.34. The van der Waals surface area contributed by atoms with Crippen molar-refractivity contribution < 1.29 is 23.5 Å². The second kappa shape index (κ2) is 6.16. The SMILES string of the molecule is COc1cc(NC(=O)c2ccco2)c(C(=O)C2CC2)cc1OC. The maximum Gasteiger partial charge on any atom is 0.291 e. The van der Waals surface area contributed by atoms with Gasteiger partial charge < -0.3 is 19.2 Å². The van der Waals surface area contributed by atoms with Crippen LogP contribution in [0.25, 0.3) is 0 Å². The highest BCUT2D eigenvalue weighted by molar-refractivity contribution is 6.10. The number of benzene rings is 1. The Morgan fingerprint density at radius 3 is 2.43 bits per heavy atom. The van der Waals surface area contributed by atoms with Crippen LogP contribution < -0.4 is 14.8 Å². The molecule has 1 aliphatic carbocycles. The number of hydrogen-bond acceptors (Lipinski definition) is 5. The molecule has 0 unspecified atom stereocenters. The van der Waals surface area contributed by atoms with E-state index in [1.165, 1.54) is 20.5 Å². The molecule has 1 aliphatic rings. The number of amides is 1. The van der Waals surface area contributed by atoms with Gasteiger partial charge in [0.05, 0.1) is 26.2 Å². The van der Waals surface area contributed by atoms with Crippen molar-refractivity contribution in [3.8, 4) is 11.5 Å². The molecule has 0 bridgehead atoms. The van der Waals surface area contributed by atoms with Gasteiger partial charge >= 0.3 is 0 Å². The van der Waals surface area contributed by atoms with Crippen LogP contribution in [-0.4, -0.2) is 25.9 Å². The van der Waals surface area contributed by atoms with Crippen LogP contribution in [0.15, 0.2) is 34.9 Å². The molecule has 1 amide bonds. The van der Waals surface area contributed by atoms with E-state index < -0.39 is 5.91 Å². The van der Waals surface area contributed by atoms with E-state index in [0.717, 1.165) is 12.8 Å². The Morgan fingerprint density at radius 1 is 1.17 bits per heavy atom. The molecule has 0 radical (unpaired) electrons. The second-order valence-corrected chi connectivity index (χ2v) is 5.32. The standard InChI is InChI=1S/C17H17NO5/c1-21-14-8-11(16(19)10-5-6-10)12(9-15(14)22-2)18-17(20)13-4-3-7-23-13/h3-4,7-10H,5-6H2,1-2H3,(H,18,20). The average molecular weight is 315 g/mol. The zero-order chi connectivity index (χ0) is 16.4. The first-order chi connectivity index (χ1) is 11.1. The summed E-state index contributed by atoms with van der Waals surface area (Å²) in [6.07, 6.45) is 3.16. The number of anilines is 1. The molecule has 0 spiro atoms. The molecular weight excluding hydrogens is 298 g/mol. The third-order valence-electron chi connectivity index (χ3n) is 3.73. The minimum absolute atomic E-state index is 0.000646. The molecule has 1 aromatic heterocycles. The molecule has 1 aromatic carbocycles. The minimum Gasteiger partial charge on any atom is -0.493 e. The van der Waals surface area contributed by atoms with Gasteiger partial charge in [0.2, 0.25) is 0 Å². The number of rotatable bonds is 6. The van der Waals surface area contributed by atoms with Gasteiger partial charge in [0, 0.05) is 17.5 Å². The molecule has 120 valence electrons. The molecule has 6 heteroatoms. The summed E-state index contributed by atoms with van der Waals surface area (Å²) >= 11 is 0. The van der Waals surface area contributed by atoms with E-state index in [4.69, 9.17) is 13.9 Å². The molecule has 23 heavy (non-hydrogen) atoms. The first-order valence-electron chi connectivity index (χ1n) is 7.29. The summed E-state index contributed by atoms with van der Waals surface area (Å²) in [5, 5.41) is 2.71. The van der Waals surface area contributed by atoms with Gasteiger partial charge in [-0.3, -0.25) is 9.59 Å². The third-order valence-corrected chi connectivity index (χ3v) is 3.73. The van der Waals surface area contributed by atoms with Crippen molar-refractivity contribution in [2.45, 2.75) is 12.8 Å². The lowest BCUT2D eigenvalue weighted by Gasteiger charge is -2.14. The van der Waals surface area contributed by atoms with Gasteiger partial charge in [0.15, 0.2) is 23.0 Å². The van der Waals surface area contributed by atoms with Crippen LogP contribution in [-0.2, 0) is 0 Å². The lowest BCUT2D eigenvalue weighted by molar-refractivity contribution is 0.0968. The highest BCUT2D eigenvalue weighted by atomic mass is 16.5. The number of ketones is 1. The highest BCUT2D eigenvalue weighted by Crippen LogP contribution is 2.39. The highest BCUT2D eigenvalue weighted by Gasteiger charge is 2.33. The van der Waals surface area contributed by atoms with Crippen LogP contribution in [0.3, 0.4) is 0 Å². The predicted molar refractivity (Wildman–Crippen MR) is 83.3 cm³/mol. The van der Waals surface area contributed by atoms with Crippen molar-refractivity contribution in [1.82, 2.24) is 0 Å². The van der Waals surface area contributed by atoms with Crippen LogP contribution in [0.5, 0.6) is 11.5 Å². The van der Waals surface area contributed by atoms with Crippen molar-refractivity contribution in [3.63, 3.8) is 0 Å². The quantitative estimate of drug-likeness (QED) is 0.829. The largest absolute Gasteiger partial charge is 0.493 e. The van der Waals surface area contributed by atoms with Crippen LogP contribution in [0.4, 0.5) is 5.69 Å². The molecule has 1 N–H and O–H groups in total. The van der Waals surface area contributed by atoms with E-state index in [2.05, 4.69) is 5.32 Å². The Hall–Kier alpha value is -2.76. The zero-order valence-corrected chi connectivity index (χ0v) is 12.9. The molecule has 2 aromatic rings. The fourth-order valence-corrected chi connectivity index (χ4v) is 2.34. The van der Waals surface area contributed by atoms with E-state index in [1.807, 2.05) is 0 Å². The van der Waals surface area contributed by atoms with Crippen molar-refractivity contribution in [2.75, 3.05) is 19.5 Å². The van der Waals surface area contributed by atoms with E-state index in [0.29, 0.717) is 22.7 Å². The number of carbonyl (C=O) groups is 2. The lowest BCUT2D eigenvalue weighted by Crippen LogP contribution is -2.15. The van der Waals surface area contributed by atoms with Crippen molar-refractivity contribution >= 4 is 17.4 Å². The number of nitrogens with one attached hydrogen (secondary N) is 1. The Morgan fingerprint density at radius 2 is 1.87 bits per heavy atom. The average Bonchev–Trinajstić information content (AvgIpc) is 3.27. The summed E-state index contributed by atoms with van der Waals surface area (Å²) in [7, 11) is 3.00. The number of Topliss-reactive ketones (excluding diaryl/α,β-unsaturated/α-hetero) is 1. The summed E-state index contributed by atoms with van der Waals surface area (Å²) < 4.78 is 15.6. The molecule has 0 aliphatic heterocycles. The molecule has 0 atom stereocenters. The normalized spacial score (nSPS) is 13.5. The summed E-state index contributed by atoms with van der Waals surface area (Å²) in [5.41, 5.74) is 0.811. The lowest BCUT2D eigenvalue weighted by atomic mass is 10.0. The molecule has 6 nitrogen and oxygen atoms in total. The van der Waals surface area contributed by atoms with E-state index in [1.54, 1.807) is 24.3 Å². The molecule has 3 rings (SSSR count). The van der Waals surface area contributed by atoms with Crippen LogP contribution in [0.2, 0.25) is 0 Å². The monoisotopic (exact) mass is 315 g/mol.